The van der Waals surface area contributed by atoms with Crippen LogP contribution in [0.2, 0.25) is 5.02 Å². The molecule has 0 fully saturated rings. The number of hydrogen-bond donors (Lipinski definition) is 1. The minimum Gasteiger partial charge on any atom is -0.470 e. The lowest BCUT2D eigenvalue weighted by Gasteiger charge is -2.09. The van der Waals surface area contributed by atoms with Gasteiger partial charge in [-0.1, -0.05) is 30.7 Å². The van der Waals surface area contributed by atoms with Gasteiger partial charge in [0.25, 0.3) is 11.8 Å². The highest BCUT2D eigenvalue weighted by Crippen LogP contribution is 2.34. The molecule has 180 valence electrons. The number of rotatable bonds is 9. The van der Waals surface area contributed by atoms with Crippen LogP contribution in [0.15, 0.2) is 36.5 Å². The second-order valence-electron chi connectivity index (χ2n) is 7.49. The van der Waals surface area contributed by atoms with E-state index in [1.54, 1.807) is 51.5 Å². The standard InChI is InChI=1S/C23H25ClN4O5S/c1-5-12-32-23(31)18-14(2)19(22(30)27(3)4)34-21(18)25-20(29)16-10-11-28(26-16)13-33-17-9-7-6-8-15(17)24/h6-11H,5,12-13H2,1-4H3,(H,25,29). The predicted octanol–water partition coefficient (Wildman–Crippen LogP) is 4.46. The van der Waals surface area contributed by atoms with E-state index in [9.17, 15) is 14.4 Å². The van der Waals surface area contributed by atoms with Crippen molar-refractivity contribution in [2.45, 2.75) is 27.0 Å². The van der Waals surface area contributed by atoms with Gasteiger partial charge in [0.1, 0.15) is 10.8 Å². The normalized spacial score (nSPS) is 10.6. The average molecular weight is 505 g/mol. The summed E-state index contributed by atoms with van der Waals surface area (Å²) in [5.41, 5.74) is 0.736. The first kappa shape index (κ1) is 25.3. The van der Waals surface area contributed by atoms with Gasteiger partial charge >= 0.3 is 5.97 Å². The van der Waals surface area contributed by atoms with Gasteiger partial charge in [-0.3, -0.25) is 9.59 Å². The monoisotopic (exact) mass is 504 g/mol. The first-order valence-electron chi connectivity index (χ1n) is 10.5. The van der Waals surface area contributed by atoms with Crippen LogP contribution in [0.5, 0.6) is 5.75 Å². The molecular weight excluding hydrogens is 480 g/mol. The van der Waals surface area contributed by atoms with Crippen LogP contribution in [-0.2, 0) is 11.5 Å². The highest BCUT2D eigenvalue weighted by atomic mass is 35.5. The number of esters is 1. The minimum absolute atomic E-state index is 0.0468. The molecule has 2 aromatic heterocycles. The van der Waals surface area contributed by atoms with Crippen molar-refractivity contribution in [1.82, 2.24) is 14.7 Å². The zero-order valence-electron chi connectivity index (χ0n) is 19.3. The maximum absolute atomic E-state index is 12.9. The molecule has 1 N–H and O–H groups in total. The summed E-state index contributed by atoms with van der Waals surface area (Å²) in [6, 6.07) is 8.55. The van der Waals surface area contributed by atoms with Crippen LogP contribution in [0.3, 0.4) is 0 Å². The van der Waals surface area contributed by atoms with E-state index in [0.29, 0.717) is 27.6 Å². The number of thiophene rings is 1. The number of carbonyl (C=O) groups excluding carboxylic acids is 3. The molecule has 11 heteroatoms. The van der Waals surface area contributed by atoms with Crippen molar-refractivity contribution < 1.29 is 23.9 Å². The number of ether oxygens (including phenoxy) is 2. The smallest absolute Gasteiger partial charge is 0.341 e. The van der Waals surface area contributed by atoms with Gasteiger partial charge in [0.05, 0.1) is 22.1 Å². The summed E-state index contributed by atoms with van der Waals surface area (Å²) in [5.74, 6) is -0.907. The van der Waals surface area contributed by atoms with Crippen LogP contribution in [0.1, 0.15) is 49.4 Å². The molecule has 0 aliphatic rings. The predicted molar refractivity (Wildman–Crippen MR) is 130 cm³/mol. The van der Waals surface area contributed by atoms with E-state index in [1.807, 2.05) is 6.92 Å². The summed E-state index contributed by atoms with van der Waals surface area (Å²) in [6.45, 7) is 3.81. The lowest BCUT2D eigenvalue weighted by Crippen LogP contribution is -2.21. The van der Waals surface area contributed by atoms with E-state index >= 15 is 0 Å². The van der Waals surface area contributed by atoms with Crippen molar-refractivity contribution >= 4 is 45.7 Å². The van der Waals surface area contributed by atoms with Crippen LogP contribution in [-0.4, -0.2) is 53.2 Å². The Labute approximate surface area is 206 Å². The Balaban J connectivity index is 1.79. The number of benzene rings is 1. The van der Waals surface area contributed by atoms with E-state index in [2.05, 4.69) is 10.4 Å². The molecule has 0 aliphatic heterocycles. The quantitative estimate of drug-likeness (QED) is 0.431. The number of nitrogens with zero attached hydrogens (tertiary/aromatic N) is 3. The van der Waals surface area contributed by atoms with Crippen molar-refractivity contribution in [3.8, 4) is 5.75 Å². The largest absolute Gasteiger partial charge is 0.470 e. The van der Waals surface area contributed by atoms with E-state index < -0.39 is 11.9 Å². The van der Waals surface area contributed by atoms with Gasteiger partial charge in [0.2, 0.25) is 0 Å². The second kappa shape index (κ2) is 11.2. The molecule has 0 radical (unpaired) electrons. The van der Waals surface area contributed by atoms with Gasteiger partial charge in [-0.05, 0) is 37.1 Å². The maximum Gasteiger partial charge on any atom is 0.341 e. The molecule has 9 nitrogen and oxygen atoms in total. The summed E-state index contributed by atoms with van der Waals surface area (Å²) in [5, 5.41) is 7.62. The lowest BCUT2D eigenvalue weighted by molar-refractivity contribution is 0.0506. The first-order chi connectivity index (χ1) is 16.2. The fourth-order valence-electron chi connectivity index (χ4n) is 2.94. The van der Waals surface area contributed by atoms with E-state index in [-0.39, 0.29) is 35.5 Å². The third-order valence-electron chi connectivity index (χ3n) is 4.68. The SMILES string of the molecule is CCCOC(=O)c1c(NC(=O)c2ccn(COc3ccccc3Cl)n2)sc(C(=O)N(C)C)c1C. The van der Waals surface area contributed by atoms with E-state index in [4.69, 9.17) is 21.1 Å². The topological polar surface area (TPSA) is 103 Å². The second-order valence-corrected chi connectivity index (χ2v) is 8.92. The van der Waals surface area contributed by atoms with E-state index in [0.717, 1.165) is 11.3 Å². The van der Waals surface area contributed by atoms with Crippen LogP contribution in [0.25, 0.3) is 0 Å². The molecule has 0 atom stereocenters. The number of amides is 2. The Bertz CT molecular complexity index is 1200. The van der Waals surface area contributed by atoms with Gasteiger partial charge in [-0.2, -0.15) is 5.10 Å². The molecule has 0 unspecified atom stereocenters. The number of anilines is 1. The number of halogens is 1. The van der Waals surface area contributed by atoms with Crippen molar-refractivity contribution in [1.29, 1.82) is 0 Å². The lowest BCUT2D eigenvalue weighted by atomic mass is 10.1. The zero-order valence-corrected chi connectivity index (χ0v) is 20.8. The van der Waals surface area contributed by atoms with Crippen LogP contribution in [0, 0.1) is 6.92 Å². The van der Waals surface area contributed by atoms with Gasteiger partial charge in [0, 0.05) is 20.3 Å². The van der Waals surface area contributed by atoms with Crippen molar-refractivity contribution in [2.75, 3.05) is 26.0 Å². The molecule has 0 saturated heterocycles. The third kappa shape index (κ3) is 5.75. The maximum atomic E-state index is 12.9. The molecule has 2 amide bonds. The van der Waals surface area contributed by atoms with Gasteiger partial charge in [0.15, 0.2) is 12.4 Å². The fourth-order valence-corrected chi connectivity index (χ4v) is 4.34. The Hall–Kier alpha value is -3.37. The number of carbonyl (C=O) groups is 3. The van der Waals surface area contributed by atoms with Crippen molar-refractivity contribution in [3.63, 3.8) is 0 Å². The zero-order chi connectivity index (χ0) is 24.8. The van der Waals surface area contributed by atoms with Crippen molar-refractivity contribution in [3.05, 3.63) is 63.2 Å². The Kier molecular flexibility index (Phi) is 8.30. The molecule has 3 rings (SSSR count). The molecule has 1 aromatic carbocycles. The number of nitrogens with one attached hydrogen (secondary N) is 1. The highest BCUT2D eigenvalue weighted by Gasteiger charge is 2.28. The van der Waals surface area contributed by atoms with Crippen LogP contribution >= 0.6 is 22.9 Å². The summed E-state index contributed by atoms with van der Waals surface area (Å²) in [7, 11) is 3.23. The van der Waals surface area contributed by atoms with Gasteiger partial charge in [-0.25, -0.2) is 9.48 Å². The molecule has 0 bridgehead atoms. The van der Waals surface area contributed by atoms with Gasteiger partial charge < -0.3 is 19.7 Å². The summed E-state index contributed by atoms with van der Waals surface area (Å²) < 4.78 is 12.3. The Morgan fingerprint density at radius 1 is 1.21 bits per heavy atom. The Morgan fingerprint density at radius 2 is 1.94 bits per heavy atom. The number of para-hydroxylation sites is 1. The average Bonchev–Trinajstić information content (AvgIpc) is 3.41. The Morgan fingerprint density at radius 3 is 2.62 bits per heavy atom. The molecular formula is C23H25ClN4O5S. The molecule has 0 saturated carbocycles. The van der Waals surface area contributed by atoms with Gasteiger partial charge in [-0.15, -0.1) is 11.3 Å². The number of aromatic nitrogens is 2. The molecule has 34 heavy (non-hydrogen) atoms. The summed E-state index contributed by atoms with van der Waals surface area (Å²) in [4.78, 5) is 39.9. The molecule has 3 aromatic rings. The fraction of sp³-hybridized carbons (Fsp3) is 0.304. The highest BCUT2D eigenvalue weighted by molar-refractivity contribution is 7.18. The minimum atomic E-state index is -0.595. The molecule has 2 heterocycles. The summed E-state index contributed by atoms with van der Waals surface area (Å²) >= 11 is 7.11. The van der Waals surface area contributed by atoms with Crippen molar-refractivity contribution in [2.24, 2.45) is 0 Å². The molecule has 0 aliphatic carbocycles. The first-order valence-corrected chi connectivity index (χ1v) is 11.7. The summed E-state index contributed by atoms with van der Waals surface area (Å²) in [6.07, 6.45) is 2.23. The third-order valence-corrected chi connectivity index (χ3v) is 6.19. The number of hydrogen-bond acceptors (Lipinski definition) is 7. The van der Waals surface area contributed by atoms with Crippen LogP contribution < -0.4 is 10.1 Å². The van der Waals surface area contributed by atoms with Crippen LogP contribution in [0.4, 0.5) is 5.00 Å². The molecule has 0 spiro atoms. The van der Waals surface area contributed by atoms with E-state index in [1.165, 1.54) is 15.6 Å².